The van der Waals surface area contributed by atoms with Crippen LogP contribution in [0, 0.1) is 5.92 Å². The third kappa shape index (κ3) is 3.36. The minimum absolute atomic E-state index is 0.0822. The van der Waals surface area contributed by atoms with Crippen molar-refractivity contribution in [2.24, 2.45) is 5.92 Å². The summed E-state index contributed by atoms with van der Waals surface area (Å²) >= 11 is 0. The molecule has 3 heteroatoms. The molecule has 1 rings (SSSR count). The van der Waals surface area contributed by atoms with Crippen LogP contribution in [0.4, 0.5) is 0 Å². The molecule has 0 aliphatic carbocycles. The molecule has 1 N–H and O–H groups in total. The van der Waals surface area contributed by atoms with Crippen LogP contribution in [0.25, 0.3) is 0 Å². The van der Waals surface area contributed by atoms with Crippen LogP contribution >= 0.6 is 0 Å². The molecule has 0 saturated carbocycles. The van der Waals surface area contributed by atoms with E-state index in [1.54, 1.807) is 24.3 Å². The van der Waals surface area contributed by atoms with Gasteiger partial charge in [0, 0.05) is 0 Å². The fourth-order valence-corrected chi connectivity index (χ4v) is 1.12. The number of para-hydroxylation sites is 1. The molecule has 82 valence electrons. The molecule has 0 aromatic heterocycles. The summed E-state index contributed by atoms with van der Waals surface area (Å²) in [6.45, 7) is 3.74. The van der Waals surface area contributed by atoms with E-state index < -0.39 is 12.1 Å². The first-order chi connectivity index (χ1) is 7.15. The molecule has 0 saturated heterocycles. The zero-order valence-corrected chi connectivity index (χ0v) is 9.01. The first kappa shape index (κ1) is 11.7. The lowest BCUT2D eigenvalue weighted by molar-refractivity contribution is -0.146. The summed E-state index contributed by atoms with van der Waals surface area (Å²) in [5.74, 6) is -0.207. The number of hydrogen-bond acceptors (Lipinski definition) is 3. The van der Waals surface area contributed by atoms with Crippen molar-refractivity contribution in [3.8, 4) is 5.75 Å². The second-order valence-corrected chi connectivity index (χ2v) is 3.56. The molecule has 0 heterocycles. The summed E-state index contributed by atoms with van der Waals surface area (Å²) in [5.41, 5.74) is 0. The van der Waals surface area contributed by atoms with Gasteiger partial charge in [0.2, 0.25) is 0 Å². The monoisotopic (exact) mass is 208 g/mol. The van der Waals surface area contributed by atoms with Crippen LogP contribution in [-0.4, -0.2) is 17.2 Å². The second kappa shape index (κ2) is 5.51. The van der Waals surface area contributed by atoms with Gasteiger partial charge in [0.1, 0.15) is 5.75 Å². The van der Waals surface area contributed by atoms with Crippen molar-refractivity contribution in [2.45, 2.75) is 26.4 Å². The predicted octanol–water partition coefficient (Wildman–Crippen LogP) is 2.00. The molecule has 15 heavy (non-hydrogen) atoms. The average molecular weight is 208 g/mol. The maximum atomic E-state index is 11.4. The van der Waals surface area contributed by atoms with Gasteiger partial charge in [-0.25, -0.2) is 4.79 Å². The predicted molar refractivity (Wildman–Crippen MR) is 57.5 cm³/mol. The van der Waals surface area contributed by atoms with E-state index in [2.05, 4.69) is 0 Å². The molecular weight excluding hydrogens is 192 g/mol. The molecule has 0 radical (unpaired) electrons. The van der Waals surface area contributed by atoms with Gasteiger partial charge in [-0.1, -0.05) is 38.5 Å². The van der Waals surface area contributed by atoms with Crippen LogP contribution in [-0.2, 0) is 4.79 Å². The largest absolute Gasteiger partial charge is 0.425 e. The van der Waals surface area contributed by atoms with Crippen LogP contribution in [0.5, 0.6) is 5.75 Å². The maximum absolute atomic E-state index is 11.4. The van der Waals surface area contributed by atoms with E-state index in [1.807, 2.05) is 19.9 Å². The summed E-state index contributed by atoms with van der Waals surface area (Å²) in [7, 11) is 0. The van der Waals surface area contributed by atoms with Crippen molar-refractivity contribution in [2.75, 3.05) is 0 Å². The van der Waals surface area contributed by atoms with Crippen LogP contribution in [0.3, 0.4) is 0 Å². The van der Waals surface area contributed by atoms with Crippen molar-refractivity contribution in [1.82, 2.24) is 0 Å². The summed E-state index contributed by atoms with van der Waals surface area (Å²) in [4.78, 5) is 11.4. The molecule has 3 nitrogen and oxygen atoms in total. The number of ether oxygens (including phenoxy) is 1. The normalized spacial score (nSPS) is 14.3. The summed E-state index contributed by atoms with van der Waals surface area (Å²) < 4.78 is 5.01. The number of esters is 1. The Kier molecular flexibility index (Phi) is 4.31. The van der Waals surface area contributed by atoms with Gasteiger partial charge in [0.15, 0.2) is 6.10 Å². The summed E-state index contributed by atoms with van der Waals surface area (Å²) in [5, 5.41) is 9.57. The van der Waals surface area contributed by atoms with Crippen LogP contribution in [0.1, 0.15) is 20.3 Å². The number of aliphatic hydroxyl groups is 1. The van der Waals surface area contributed by atoms with E-state index in [4.69, 9.17) is 4.74 Å². The number of aliphatic hydroxyl groups excluding tert-OH is 1. The number of benzene rings is 1. The quantitative estimate of drug-likeness (QED) is 0.608. The SMILES string of the molecule is CCC(C)C(O)C(=O)Oc1ccccc1. The molecule has 1 aromatic rings. The van der Waals surface area contributed by atoms with Crippen molar-refractivity contribution in [3.05, 3.63) is 30.3 Å². The molecule has 2 atom stereocenters. The lowest BCUT2D eigenvalue weighted by Gasteiger charge is -2.15. The minimum atomic E-state index is -1.05. The Bertz CT molecular complexity index is 308. The Morgan fingerprint density at radius 3 is 2.53 bits per heavy atom. The Morgan fingerprint density at radius 2 is 2.00 bits per heavy atom. The van der Waals surface area contributed by atoms with Crippen molar-refractivity contribution in [1.29, 1.82) is 0 Å². The molecule has 1 aromatic carbocycles. The number of carbonyl (C=O) groups is 1. The molecule has 0 bridgehead atoms. The van der Waals surface area contributed by atoms with E-state index in [1.165, 1.54) is 0 Å². The Labute approximate surface area is 89.7 Å². The number of carbonyl (C=O) groups excluding carboxylic acids is 1. The zero-order valence-electron chi connectivity index (χ0n) is 9.01. The molecule has 0 spiro atoms. The lowest BCUT2D eigenvalue weighted by Crippen LogP contribution is -2.31. The Morgan fingerprint density at radius 1 is 1.40 bits per heavy atom. The standard InChI is InChI=1S/C12H16O3/c1-3-9(2)11(13)12(14)15-10-7-5-4-6-8-10/h4-9,11,13H,3H2,1-2H3. The van der Waals surface area contributed by atoms with Crippen LogP contribution < -0.4 is 4.74 Å². The third-order valence-electron chi connectivity index (χ3n) is 2.39. The zero-order chi connectivity index (χ0) is 11.3. The molecule has 0 aliphatic rings. The van der Waals surface area contributed by atoms with E-state index >= 15 is 0 Å². The molecule has 2 unspecified atom stereocenters. The van der Waals surface area contributed by atoms with E-state index in [0.717, 1.165) is 6.42 Å². The minimum Gasteiger partial charge on any atom is -0.425 e. The maximum Gasteiger partial charge on any atom is 0.340 e. The van der Waals surface area contributed by atoms with Crippen molar-refractivity contribution in [3.63, 3.8) is 0 Å². The second-order valence-electron chi connectivity index (χ2n) is 3.56. The summed E-state index contributed by atoms with van der Waals surface area (Å²) in [6, 6.07) is 8.75. The molecule has 0 fully saturated rings. The van der Waals surface area contributed by atoms with E-state index in [9.17, 15) is 9.90 Å². The number of rotatable bonds is 4. The van der Waals surface area contributed by atoms with E-state index in [0.29, 0.717) is 5.75 Å². The van der Waals surface area contributed by atoms with Gasteiger partial charge in [-0.05, 0) is 18.1 Å². The van der Waals surface area contributed by atoms with Crippen LogP contribution in [0.15, 0.2) is 30.3 Å². The van der Waals surface area contributed by atoms with Gasteiger partial charge in [0.05, 0.1) is 0 Å². The highest BCUT2D eigenvalue weighted by molar-refractivity contribution is 5.77. The highest BCUT2D eigenvalue weighted by atomic mass is 16.5. The van der Waals surface area contributed by atoms with Gasteiger partial charge in [-0.15, -0.1) is 0 Å². The van der Waals surface area contributed by atoms with E-state index in [-0.39, 0.29) is 5.92 Å². The lowest BCUT2D eigenvalue weighted by atomic mass is 10.0. The number of hydrogen-bond donors (Lipinski definition) is 1. The van der Waals surface area contributed by atoms with Gasteiger partial charge >= 0.3 is 5.97 Å². The van der Waals surface area contributed by atoms with Gasteiger partial charge in [0.25, 0.3) is 0 Å². The molecular formula is C12H16O3. The fourth-order valence-electron chi connectivity index (χ4n) is 1.12. The first-order valence-corrected chi connectivity index (χ1v) is 5.10. The van der Waals surface area contributed by atoms with Gasteiger partial charge < -0.3 is 9.84 Å². The smallest absolute Gasteiger partial charge is 0.340 e. The topological polar surface area (TPSA) is 46.5 Å². The Hall–Kier alpha value is -1.35. The van der Waals surface area contributed by atoms with Crippen molar-refractivity contribution < 1.29 is 14.6 Å². The van der Waals surface area contributed by atoms with Crippen molar-refractivity contribution >= 4 is 5.97 Å². The Balaban J connectivity index is 2.56. The molecule has 0 amide bonds. The summed E-state index contributed by atoms with van der Waals surface area (Å²) in [6.07, 6.45) is -0.305. The highest BCUT2D eigenvalue weighted by Crippen LogP contribution is 2.13. The molecule has 0 aliphatic heterocycles. The fraction of sp³-hybridized carbons (Fsp3) is 0.417. The van der Waals surface area contributed by atoms with Gasteiger partial charge in [-0.3, -0.25) is 0 Å². The average Bonchev–Trinajstić information content (AvgIpc) is 2.28. The van der Waals surface area contributed by atoms with Crippen LogP contribution in [0.2, 0.25) is 0 Å². The highest BCUT2D eigenvalue weighted by Gasteiger charge is 2.22. The van der Waals surface area contributed by atoms with Gasteiger partial charge in [-0.2, -0.15) is 0 Å². The first-order valence-electron chi connectivity index (χ1n) is 5.10. The third-order valence-corrected chi connectivity index (χ3v) is 2.39.